The van der Waals surface area contributed by atoms with Gasteiger partial charge < -0.3 is 9.31 Å². The maximum Gasteiger partial charge on any atom is 0.498 e. The summed E-state index contributed by atoms with van der Waals surface area (Å²) in [6.45, 7) is 8.14. The second-order valence-electron chi connectivity index (χ2n) is 14.9. The molecular formula is C45H42BBrN8O2. The number of nitrogens with one attached hydrogen (secondary N) is 3. The maximum atomic E-state index is 5.83. The maximum absolute atomic E-state index is 5.83. The van der Waals surface area contributed by atoms with E-state index in [0.29, 0.717) is 0 Å². The molecule has 284 valence electrons. The Balaban J connectivity index is 0.000000154. The first-order valence-electron chi connectivity index (χ1n) is 18.7. The molecule has 10 nitrogen and oxygen atoms in total. The van der Waals surface area contributed by atoms with Crippen LogP contribution in [0.3, 0.4) is 0 Å². The van der Waals surface area contributed by atoms with Crippen molar-refractivity contribution in [3.05, 3.63) is 186 Å². The van der Waals surface area contributed by atoms with Crippen molar-refractivity contribution in [2.45, 2.75) is 44.4 Å². The van der Waals surface area contributed by atoms with Crippen LogP contribution in [0.15, 0.2) is 169 Å². The lowest BCUT2D eigenvalue weighted by atomic mass is 9.77. The smallest absolute Gasteiger partial charge is 0.399 e. The van der Waals surface area contributed by atoms with Crippen LogP contribution in [0, 0.1) is 0 Å². The number of fused-ring (bicyclic) bond motifs is 2. The molecule has 10 rings (SSSR count). The zero-order chi connectivity index (χ0) is 39.5. The summed E-state index contributed by atoms with van der Waals surface area (Å²) >= 11 is 3.37. The molecule has 1 fully saturated rings. The molecule has 57 heavy (non-hydrogen) atoms. The van der Waals surface area contributed by atoms with Crippen LogP contribution in [0.4, 0.5) is 0 Å². The van der Waals surface area contributed by atoms with Gasteiger partial charge in [-0.1, -0.05) is 125 Å². The van der Waals surface area contributed by atoms with Crippen molar-refractivity contribution in [3.63, 3.8) is 0 Å². The summed E-state index contributed by atoms with van der Waals surface area (Å²) in [7, 11) is -0.307. The predicted molar refractivity (Wildman–Crippen MR) is 230 cm³/mol. The van der Waals surface area contributed by atoms with Crippen LogP contribution in [-0.2, 0) is 14.8 Å². The molecule has 0 aliphatic carbocycles. The molecule has 1 aliphatic heterocycles. The van der Waals surface area contributed by atoms with E-state index in [4.69, 9.17) is 14.4 Å². The van der Waals surface area contributed by atoms with Gasteiger partial charge in [0.2, 0.25) is 0 Å². The number of aromatic amines is 3. The summed E-state index contributed by atoms with van der Waals surface area (Å²) in [5.74, 6) is 0. The van der Waals surface area contributed by atoms with Crippen LogP contribution in [0.2, 0.25) is 0 Å². The summed E-state index contributed by atoms with van der Waals surface area (Å²) in [4.78, 5) is 0. The monoisotopic (exact) mass is 816 g/mol. The summed E-state index contributed by atoms with van der Waals surface area (Å²) in [6.07, 6.45) is 11.3. The van der Waals surface area contributed by atoms with E-state index in [9.17, 15) is 0 Å². The quantitative estimate of drug-likeness (QED) is 0.114. The Morgan fingerprint density at radius 3 is 1.65 bits per heavy atom. The van der Waals surface area contributed by atoms with E-state index in [-0.39, 0.29) is 18.3 Å². The molecule has 0 unspecified atom stereocenters. The lowest BCUT2D eigenvalue weighted by molar-refractivity contribution is 0.00578. The van der Waals surface area contributed by atoms with Crippen molar-refractivity contribution in [1.29, 1.82) is 0 Å². The molecule has 1 aliphatic rings. The minimum Gasteiger partial charge on any atom is -0.399 e. The lowest BCUT2D eigenvalue weighted by Gasteiger charge is -2.36. The fraction of sp³-hybridized carbons (Fsp3) is 0.156. The van der Waals surface area contributed by atoms with Crippen molar-refractivity contribution in [2.24, 2.45) is 0 Å². The van der Waals surface area contributed by atoms with Crippen molar-refractivity contribution < 1.29 is 9.31 Å². The van der Waals surface area contributed by atoms with E-state index < -0.39 is 5.54 Å². The number of aromatic nitrogens is 8. The van der Waals surface area contributed by atoms with Crippen LogP contribution in [0.5, 0.6) is 0 Å². The molecular weight excluding hydrogens is 775 g/mol. The third-order valence-electron chi connectivity index (χ3n) is 10.7. The molecule has 0 bridgehead atoms. The highest BCUT2D eigenvalue weighted by atomic mass is 79.9. The first-order valence-corrected chi connectivity index (χ1v) is 19.5. The Morgan fingerprint density at radius 2 is 1.12 bits per heavy atom. The van der Waals surface area contributed by atoms with Crippen LogP contribution < -0.4 is 5.46 Å². The SMILES string of the molecule is Brc1ccc2cn[nH]c2c1.CC1(C)OB(c2cn[nH]c2)OC1(C)C.c1ccc(C(c2ccccc2)(c2ccccc2)n2cc(-c3ccc4cn[nH]c4c3)cn2)cc1. The van der Waals surface area contributed by atoms with Gasteiger partial charge in [0, 0.05) is 44.9 Å². The van der Waals surface area contributed by atoms with Crippen LogP contribution >= 0.6 is 15.9 Å². The van der Waals surface area contributed by atoms with E-state index in [2.05, 4.69) is 167 Å². The van der Waals surface area contributed by atoms with Gasteiger partial charge in [-0.3, -0.25) is 20.0 Å². The van der Waals surface area contributed by atoms with E-state index in [1.54, 1.807) is 12.4 Å². The highest BCUT2D eigenvalue weighted by Gasteiger charge is 2.52. The Bertz CT molecular complexity index is 2560. The number of benzene rings is 5. The molecule has 9 aromatic rings. The Labute approximate surface area is 339 Å². The molecule has 3 N–H and O–H groups in total. The van der Waals surface area contributed by atoms with Crippen LogP contribution in [0.1, 0.15) is 44.4 Å². The predicted octanol–water partition coefficient (Wildman–Crippen LogP) is 9.30. The van der Waals surface area contributed by atoms with Gasteiger partial charge in [-0.05, 0) is 68.1 Å². The van der Waals surface area contributed by atoms with Crippen molar-refractivity contribution in [2.75, 3.05) is 0 Å². The third-order valence-corrected chi connectivity index (χ3v) is 11.2. The first-order chi connectivity index (χ1) is 27.6. The number of hydrogen-bond acceptors (Lipinski definition) is 6. The van der Waals surface area contributed by atoms with Gasteiger partial charge in [0.25, 0.3) is 0 Å². The molecule has 0 saturated carbocycles. The number of halogens is 1. The zero-order valence-electron chi connectivity index (χ0n) is 32.1. The van der Waals surface area contributed by atoms with Gasteiger partial charge in [0.15, 0.2) is 0 Å². The minimum absolute atomic E-state index is 0.283. The van der Waals surface area contributed by atoms with E-state index in [0.717, 1.165) is 59.6 Å². The van der Waals surface area contributed by atoms with Crippen LogP contribution in [0.25, 0.3) is 32.9 Å². The number of H-pyrrole nitrogens is 3. The average molecular weight is 818 g/mol. The Kier molecular flexibility index (Phi) is 10.5. The Morgan fingerprint density at radius 1 is 0.596 bits per heavy atom. The molecule has 1 saturated heterocycles. The minimum atomic E-state index is -0.611. The van der Waals surface area contributed by atoms with Crippen molar-refractivity contribution in [1.82, 2.24) is 40.4 Å². The second kappa shape index (κ2) is 15.8. The Hall–Kier alpha value is -6.08. The van der Waals surface area contributed by atoms with E-state index in [1.165, 1.54) is 0 Å². The van der Waals surface area contributed by atoms with Gasteiger partial charge in [-0.2, -0.15) is 20.4 Å². The molecule has 0 radical (unpaired) electrons. The molecule has 0 spiro atoms. The number of nitrogens with zero attached hydrogens (tertiary/aromatic N) is 5. The van der Waals surface area contributed by atoms with Crippen LogP contribution in [-0.4, -0.2) is 58.7 Å². The van der Waals surface area contributed by atoms with Gasteiger partial charge in [0.05, 0.1) is 40.8 Å². The fourth-order valence-corrected chi connectivity index (χ4v) is 7.35. The normalized spacial score (nSPS) is 14.5. The van der Waals surface area contributed by atoms with Crippen molar-refractivity contribution in [3.8, 4) is 11.1 Å². The molecule has 0 amide bonds. The molecule has 5 heterocycles. The highest BCUT2D eigenvalue weighted by Crippen LogP contribution is 2.41. The summed E-state index contributed by atoms with van der Waals surface area (Å²) in [6, 6.07) is 44.1. The highest BCUT2D eigenvalue weighted by molar-refractivity contribution is 9.10. The van der Waals surface area contributed by atoms with Crippen molar-refractivity contribution >= 4 is 50.3 Å². The standard InChI is InChI=1S/C29H22N4.C9H15BN2O2.C7H5BrN2/c1-4-10-25(11-5-1)29(26-12-6-2-7-13-26,27-14-8-3-9-15-27)33-21-24(20-31-33)22-16-17-23-19-30-32-28(23)18-22;1-8(2)9(3,4)14-10(13-8)7-5-11-12-6-7;8-6-2-1-5-4-9-10-7(5)3-6/h1-21H,(H,30,32);5-6H,1-4H3,(H,11,12);1-4H,(H,9,10). The zero-order valence-corrected chi connectivity index (χ0v) is 33.7. The van der Waals surface area contributed by atoms with Gasteiger partial charge in [0.1, 0.15) is 5.54 Å². The summed E-state index contributed by atoms with van der Waals surface area (Å²) in [5.41, 5.74) is 7.45. The topological polar surface area (TPSA) is 122 Å². The molecule has 5 aromatic carbocycles. The van der Waals surface area contributed by atoms with E-state index >= 15 is 0 Å². The largest absolute Gasteiger partial charge is 0.498 e. The fourth-order valence-electron chi connectivity index (χ4n) is 6.98. The summed E-state index contributed by atoms with van der Waals surface area (Å²) in [5, 5.41) is 27.8. The molecule has 12 heteroatoms. The van der Waals surface area contributed by atoms with Gasteiger partial charge in [-0.25, -0.2) is 0 Å². The third kappa shape index (κ3) is 7.59. The lowest BCUT2D eigenvalue weighted by Crippen LogP contribution is -2.41. The van der Waals surface area contributed by atoms with Gasteiger partial charge >= 0.3 is 7.12 Å². The first kappa shape index (κ1) is 37.8. The van der Waals surface area contributed by atoms with E-state index in [1.807, 2.05) is 64.5 Å². The average Bonchev–Trinajstić information content (AvgIpc) is 4.09. The molecule has 0 atom stereocenters. The summed E-state index contributed by atoms with van der Waals surface area (Å²) < 4.78 is 14.8. The van der Waals surface area contributed by atoms with Gasteiger partial charge in [-0.15, -0.1) is 0 Å². The number of rotatable bonds is 6. The number of hydrogen-bond donors (Lipinski definition) is 3. The second-order valence-corrected chi connectivity index (χ2v) is 15.8. The molecule has 4 aromatic heterocycles.